The van der Waals surface area contributed by atoms with Gasteiger partial charge in [0.1, 0.15) is 11.4 Å². The molecule has 2 aromatic rings. The third-order valence-corrected chi connectivity index (χ3v) is 5.04. The van der Waals surface area contributed by atoms with Crippen molar-refractivity contribution in [3.63, 3.8) is 0 Å². The van der Waals surface area contributed by atoms with E-state index in [-0.39, 0.29) is 5.54 Å². The number of para-hydroxylation sites is 2. The third kappa shape index (κ3) is 3.51. The average molecular weight is 356 g/mol. The maximum Gasteiger partial charge on any atom is 0.130 e. The van der Waals surface area contributed by atoms with Crippen molar-refractivity contribution in [2.24, 2.45) is 4.99 Å². The third-order valence-electron chi connectivity index (χ3n) is 4.81. The van der Waals surface area contributed by atoms with Gasteiger partial charge in [0.2, 0.25) is 0 Å². The SMILES string of the molecule is Clc1cccc(CN=C2Nc3ccccc3NC23CCCCOC3)c1. The summed E-state index contributed by atoms with van der Waals surface area (Å²) < 4.78 is 5.90. The minimum atomic E-state index is -0.288. The Balaban J connectivity index is 1.67. The van der Waals surface area contributed by atoms with Crippen LogP contribution in [0.25, 0.3) is 0 Å². The molecule has 0 saturated carbocycles. The quantitative estimate of drug-likeness (QED) is 0.819. The first-order chi connectivity index (χ1) is 12.3. The molecule has 2 aromatic carbocycles. The molecule has 2 aliphatic heterocycles. The highest BCUT2D eigenvalue weighted by Gasteiger charge is 2.40. The van der Waals surface area contributed by atoms with Crippen molar-refractivity contribution < 1.29 is 4.74 Å². The Labute approximate surface area is 153 Å². The van der Waals surface area contributed by atoms with Gasteiger partial charge in [0.05, 0.1) is 24.5 Å². The van der Waals surface area contributed by atoms with E-state index in [1.54, 1.807) is 0 Å². The van der Waals surface area contributed by atoms with E-state index in [1.165, 1.54) is 0 Å². The molecule has 0 radical (unpaired) electrons. The monoisotopic (exact) mass is 355 g/mol. The van der Waals surface area contributed by atoms with E-state index in [4.69, 9.17) is 21.3 Å². The highest BCUT2D eigenvalue weighted by Crippen LogP contribution is 2.35. The van der Waals surface area contributed by atoms with Crippen molar-refractivity contribution in [1.82, 2.24) is 0 Å². The van der Waals surface area contributed by atoms with Gasteiger partial charge in [-0.2, -0.15) is 0 Å². The average Bonchev–Trinajstić information content (AvgIpc) is 2.86. The lowest BCUT2D eigenvalue weighted by molar-refractivity contribution is 0.126. The fourth-order valence-electron chi connectivity index (χ4n) is 3.50. The van der Waals surface area contributed by atoms with Gasteiger partial charge in [-0.05, 0) is 49.1 Å². The van der Waals surface area contributed by atoms with Crippen molar-refractivity contribution in [1.29, 1.82) is 0 Å². The topological polar surface area (TPSA) is 45.7 Å². The number of hydrogen-bond acceptors (Lipinski definition) is 3. The first-order valence-electron chi connectivity index (χ1n) is 8.77. The van der Waals surface area contributed by atoms with Crippen LogP contribution >= 0.6 is 11.6 Å². The molecular formula is C20H22ClN3O. The van der Waals surface area contributed by atoms with Gasteiger partial charge in [-0.3, -0.25) is 4.99 Å². The minimum absolute atomic E-state index is 0.288. The lowest BCUT2D eigenvalue weighted by Gasteiger charge is -2.40. The highest BCUT2D eigenvalue weighted by atomic mass is 35.5. The summed E-state index contributed by atoms with van der Waals surface area (Å²) in [6.07, 6.45) is 3.21. The molecule has 1 spiro atoms. The first kappa shape index (κ1) is 16.4. The number of aliphatic imine (C=N–C) groups is 1. The summed E-state index contributed by atoms with van der Waals surface area (Å²) in [5.41, 5.74) is 2.98. The van der Waals surface area contributed by atoms with Crippen molar-refractivity contribution >= 4 is 28.8 Å². The summed E-state index contributed by atoms with van der Waals surface area (Å²) in [4.78, 5) is 4.92. The van der Waals surface area contributed by atoms with Crippen LogP contribution in [0.2, 0.25) is 5.02 Å². The minimum Gasteiger partial charge on any atom is -0.379 e. The number of amidine groups is 1. The molecule has 1 atom stereocenters. The van der Waals surface area contributed by atoms with Crippen LogP contribution in [-0.2, 0) is 11.3 Å². The predicted octanol–water partition coefficient (Wildman–Crippen LogP) is 4.72. The number of ether oxygens (including phenoxy) is 1. The summed E-state index contributed by atoms with van der Waals surface area (Å²) in [5, 5.41) is 7.99. The van der Waals surface area contributed by atoms with Gasteiger partial charge in [-0.1, -0.05) is 35.9 Å². The van der Waals surface area contributed by atoms with Crippen molar-refractivity contribution in [3.05, 3.63) is 59.1 Å². The van der Waals surface area contributed by atoms with E-state index in [0.29, 0.717) is 13.2 Å². The van der Waals surface area contributed by atoms with Crippen LogP contribution in [0.3, 0.4) is 0 Å². The Kier molecular flexibility index (Phi) is 4.64. The lowest BCUT2D eigenvalue weighted by atomic mass is 9.89. The summed E-state index contributed by atoms with van der Waals surface area (Å²) in [6, 6.07) is 16.1. The van der Waals surface area contributed by atoms with E-state index in [1.807, 2.05) is 30.3 Å². The lowest BCUT2D eigenvalue weighted by Crippen LogP contribution is -2.55. The normalized spacial score (nSPS) is 24.3. The maximum atomic E-state index is 6.10. The second-order valence-electron chi connectivity index (χ2n) is 6.68. The van der Waals surface area contributed by atoms with Gasteiger partial charge in [0, 0.05) is 11.6 Å². The van der Waals surface area contributed by atoms with E-state index in [2.05, 4.69) is 28.8 Å². The molecule has 0 amide bonds. The van der Waals surface area contributed by atoms with Gasteiger partial charge in [0.25, 0.3) is 0 Å². The summed E-state index contributed by atoms with van der Waals surface area (Å²) in [5.74, 6) is 0.952. The Morgan fingerprint density at radius 3 is 2.84 bits per heavy atom. The maximum absolute atomic E-state index is 6.10. The van der Waals surface area contributed by atoms with Gasteiger partial charge in [0.15, 0.2) is 0 Å². The fourth-order valence-corrected chi connectivity index (χ4v) is 3.71. The Hall–Kier alpha value is -2.04. The zero-order chi connectivity index (χ0) is 17.1. The smallest absolute Gasteiger partial charge is 0.130 e. The molecule has 0 bridgehead atoms. The molecule has 2 N–H and O–H groups in total. The summed E-state index contributed by atoms with van der Waals surface area (Å²) in [6.45, 7) is 2.03. The number of anilines is 2. The number of halogens is 1. The van der Waals surface area contributed by atoms with E-state index < -0.39 is 0 Å². The molecule has 0 aliphatic carbocycles. The Morgan fingerprint density at radius 1 is 1.08 bits per heavy atom. The number of rotatable bonds is 2. The second-order valence-corrected chi connectivity index (χ2v) is 7.12. The molecule has 4 rings (SSSR count). The number of nitrogens with one attached hydrogen (secondary N) is 2. The largest absolute Gasteiger partial charge is 0.379 e. The molecule has 2 aliphatic rings. The molecule has 130 valence electrons. The van der Waals surface area contributed by atoms with Crippen molar-refractivity contribution in [2.75, 3.05) is 23.8 Å². The number of hydrogen-bond donors (Lipinski definition) is 2. The molecule has 25 heavy (non-hydrogen) atoms. The molecule has 5 heteroatoms. The van der Waals surface area contributed by atoms with E-state index >= 15 is 0 Å². The molecule has 1 saturated heterocycles. The van der Waals surface area contributed by atoms with Crippen LogP contribution in [0.5, 0.6) is 0 Å². The van der Waals surface area contributed by atoms with Crippen LogP contribution in [0.4, 0.5) is 11.4 Å². The van der Waals surface area contributed by atoms with Crippen LogP contribution in [-0.4, -0.2) is 24.6 Å². The van der Waals surface area contributed by atoms with Crippen LogP contribution in [0, 0.1) is 0 Å². The molecular weight excluding hydrogens is 334 g/mol. The Bertz CT molecular complexity index is 782. The standard InChI is InChI=1S/C20H22ClN3O/c21-16-7-5-6-15(12-16)13-22-19-20(10-3-4-11-25-14-20)24-18-9-2-1-8-17(18)23-19/h1-2,5-9,12,24H,3-4,10-11,13-14H2,(H,22,23). The summed E-state index contributed by atoms with van der Waals surface area (Å²) >= 11 is 6.10. The van der Waals surface area contributed by atoms with Crippen molar-refractivity contribution in [3.8, 4) is 0 Å². The van der Waals surface area contributed by atoms with E-state index in [9.17, 15) is 0 Å². The fraction of sp³-hybridized carbons (Fsp3) is 0.350. The summed E-state index contributed by atoms with van der Waals surface area (Å²) in [7, 11) is 0. The molecule has 1 unspecified atom stereocenters. The van der Waals surface area contributed by atoms with Crippen molar-refractivity contribution in [2.45, 2.75) is 31.3 Å². The zero-order valence-corrected chi connectivity index (χ0v) is 14.9. The zero-order valence-electron chi connectivity index (χ0n) is 14.1. The van der Waals surface area contributed by atoms with Gasteiger partial charge >= 0.3 is 0 Å². The van der Waals surface area contributed by atoms with Crippen LogP contribution in [0.1, 0.15) is 24.8 Å². The number of nitrogens with zero attached hydrogens (tertiary/aromatic N) is 1. The van der Waals surface area contributed by atoms with Gasteiger partial charge in [-0.25, -0.2) is 0 Å². The number of fused-ring (bicyclic) bond motifs is 1. The Morgan fingerprint density at radius 2 is 1.96 bits per heavy atom. The first-order valence-corrected chi connectivity index (χ1v) is 9.14. The highest BCUT2D eigenvalue weighted by molar-refractivity contribution is 6.30. The predicted molar refractivity (Wildman–Crippen MR) is 104 cm³/mol. The molecule has 4 nitrogen and oxygen atoms in total. The van der Waals surface area contributed by atoms with Crippen LogP contribution in [0.15, 0.2) is 53.5 Å². The van der Waals surface area contributed by atoms with E-state index in [0.717, 1.165) is 53.7 Å². The molecule has 2 heterocycles. The number of benzene rings is 2. The van der Waals surface area contributed by atoms with Crippen LogP contribution < -0.4 is 10.6 Å². The van der Waals surface area contributed by atoms with Gasteiger partial charge in [-0.15, -0.1) is 0 Å². The molecule has 1 fully saturated rings. The molecule has 0 aromatic heterocycles. The second kappa shape index (κ2) is 7.06. The van der Waals surface area contributed by atoms with Gasteiger partial charge < -0.3 is 15.4 Å².